The Hall–Kier alpha value is -1.37. The van der Waals surface area contributed by atoms with Gasteiger partial charge in [0, 0.05) is 19.6 Å². The van der Waals surface area contributed by atoms with Crippen LogP contribution in [0.4, 0.5) is 0 Å². The summed E-state index contributed by atoms with van der Waals surface area (Å²) in [5.41, 5.74) is 0. The second-order valence-corrected chi connectivity index (χ2v) is 5.97. The summed E-state index contributed by atoms with van der Waals surface area (Å²) in [7, 11) is 0. The van der Waals surface area contributed by atoms with Crippen LogP contribution in [0.5, 0.6) is 0 Å². The molecule has 6 nitrogen and oxygen atoms in total. The summed E-state index contributed by atoms with van der Waals surface area (Å²) in [6, 6.07) is 3.94. The SMILES string of the molecule is CCN(CC)[C@@H](CNC(=O)CN1CCO[C@H](C)C1)c1ccco1. The van der Waals surface area contributed by atoms with Gasteiger partial charge in [-0.15, -0.1) is 0 Å². The lowest BCUT2D eigenvalue weighted by Gasteiger charge is -2.31. The van der Waals surface area contributed by atoms with Crippen molar-refractivity contribution in [1.82, 2.24) is 15.1 Å². The quantitative estimate of drug-likeness (QED) is 0.786. The molecule has 0 unspecified atom stereocenters. The van der Waals surface area contributed by atoms with Crippen LogP contribution in [-0.4, -0.2) is 67.7 Å². The van der Waals surface area contributed by atoms with Crippen LogP contribution in [0.25, 0.3) is 0 Å². The molecule has 2 atom stereocenters. The molecule has 0 bridgehead atoms. The van der Waals surface area contributed by atoms with Gasteiger partial charge in [0.2, 0.25) is 5.91 Å². The number of furan rings is 1. The average Bonchev–Trinajstić information content (AvgIpc) is 3.05. The molecule has 0 aliphatic carbocycles. The number of likely N-dealkylation sites (N-methyl/N-ethyl adjacent to an activating group) is 1. The zero-order chi connectivity index (χ0) is 16.7. The van der Waals surface area contributed by atoms with Crippen LogP contribution in [0.1, 0.15) is 32.6 Å². The van der Waals surface area contributed by atoms with E-state index >= 15 is 0 Å². The maximum Gasteiger partial charge on any atom is 0.234 e. The van der Waals surface area contributed by atoms with Crippen LogP contribution >= 0.6 is 0 Å². The predicted molar refractivity (Wildman–Crippen MR) is 89.2 cm³/mol. The summed E-state index contributed by atoms with van der Waals surface area (Å²) < 4.78 is 11.1. The van der Waals surface area contributed by atoms with Gasteiger partial charge in [0.05, 0.1) is 31.6 Å². The highest BCUT2D eigenvalue weighted by molar-refractivity contribution is 5.78. The van der Waals surface area contributed by atoms with Gasteiger partial charge in [0.25, 0.3) is 0 Å². The molecule has 1 aliphatic heterocycles. The van der Waals surface area contributed by atoms with Crippen molar-refractivity contribution in [2.45, 2.75) is 32.9 Å². The molecule has 1 saturated heterocycles. The lowest BCUT2D eigenvalue weighted by atomic mass is 10.2. The summed E-state index contributed by atoms with van der Waals surface area (Å²) >= 11 is 0. The summed E-state index contributed by atoms with van der Waals surface area (Å²) in [5.74, 6) is 0.955. The zero-order valence-electron chi connectivity index (χ0n) is 14.5. The van der Waals surface area contributed by atoms with Crippen LogP contribution in [0, 0.1) is 0 Å². The minimum absolute atomic E-state index is 0.0582. The topological polar surface area (TPSA) is 58.0 Å². The molecule has 1 aromatic rings. The summed E-state index contributed by atoms with van der Waals surface area (Å²) in [4.78, 5) is 16.7. The van der Waals surface area contributed by atoms with Gasteiger partial charge in [-0.1, -0.05) is 13.8 Å². The van der Waals surface area contributed by atoms with E-state index in [1.165, 1.54) is 0 Å². The van der Waals surface area contributed by atoms with Crippen molar-refractivity contribution in [1.29, 1.82) is 0 Å². The molecule has 0 aromatic carbocycles. The molecule has 130 valence electrons. The molecular weight excluding hydrogens is 294 g/mol. The van der Waals surface area contributed by atoms with Gasteiger partial charge in [-0.25, -0.2) is 0 Å². The Morgan fingerprint density at radius 1 is 1.48 bits per heavy atom. The van der Waals surface area contributed by atoms with Crippen LogP contribution in [0.3, 0.4) is 0 Å². The standard InChI is InChI=1S/C17H29N3O3/c1-4-20(5-2)15(16-7-6-9-23-16)11-18-17(21)13-19-8-10-22-14(3)12-19/h6-7,9,14-15H,4-5,8,10-13H2,1-3H3,(H,18,21)/t14-,15+/m1/s1. The highest BCUT2D eigenvalue weighted by atomic mass is 16.5. The molecule has 1 N–H and O–H groups in total. The lowest BCUT2D eigenvalue weighted by Crippen LogP contribution is -2.47. The molecule has 0 saturated carbocycles. The smallest absolute Gasteiger partial charge is 0.234 e. The first-order chi connectivity index (χ1) is 11.1. The van der Waals surface area contributed by atoms with Gasteiger partial charge in [0.1, 0.15) is 5.76 Å². The van der Waals surface area contributed by atoms with E-state index in [0.717, 1.165) is 31.9 Å². The molecular formula is C17H29N3O3. The first-order valence-electron chi connectivity index (χ1n) is 8.52. The van der Waals surface area contributed by atoms with Crippen molar-refractivity contribution in [3.8, 4) is 0 Å². The molecule has 2 rings (SSSR count). The fourth-order valence-corrected chi connectivity index (χ4v) is 3.06. The zero-order valence-corrected chi connectivity index (χ0v) is 14.5. The van der Waals surface area contributed by atoms with Crippen LogP contribution in [0.15, 0.2) is 22.8 Å². The molecule has 1 amide bonds. The number of nitrogens with zero attached hydrogens (tertiary/aromatic N) is 2. The Bertz CT molecular complexity index is 460. The maximum absolute atomic E-state index is 12.2. The van der Waals surface area contributed by atoms with Crippen LogP contribution in [-0.2, 0) is 9.53 Å². The Labute approximate surface area is 138 Å². The van der Waals surface area contributed by atoms with Gasteiger partial charge in [-0.3, -0.25) is 14.6 Å². The van der Waals surface area contributed by atoms with E-state index in [2.05, 4.69) is 29.0 Å². The molecule has 23 heavy (non-hydrogen) atoms. The number of carbonyl (C=O) groups excluding carboxylic acids is 1. The highest BCUT2D eigenvalue weighted by Gasteiger charge is 2.23. The van der Waals surface area contributed by atoms with E-state index in [-0.39, 0.29) is 18.1 Å². The summed E-state index contributed by atoms with van der Waals surface area (Å²) in [6.45, 7) is 11.4. The number of nitrogens with one attached hydrogen (secondary N) is 1. The van der Waals surface area contributed by atoms with Crippen molar-refractivity contribution in [2.24, 2.45) is 0 Å². The van der Waals surface area contributed by atoms with Gasteiger partial charge in [0.15, 0.2) is 0 Å². The third-order valence-corrected chi connectivity index (χ3v) is 4.31. The monoisotopic (exact) mass is 323 g/mol. The Balaban J connectivity index is 1.86. The number of morpholine rings is 1. The van der Waals surface area contributed by atoms with Gasteiger partial charge in [-0.2, -0.15) is 0 Å². The normalized spacial score (nSPS) is 20.6. The number of hydrogen-bond acceptors (Lipinski definition) is 5. The molecule has 1 aromatic heterocycles. The molecule has 2 heterocycles. The van der Waals surface area contributed by atoms with Gasteiger partial charge < -0.3 is 14.5 Å². The van der Waals surface area contributed by atoms with Gasteiger partial charge in [-0.05, 0) is 32.1 Å². The van der Waals surface area contributed by atoms with Crippen molar-refractivity contribution >= 4 is 5.91 Å². The largest absolute Gasteiger partial charge is 0.468 e. The molecule has 0 radical (unpaired) electrons. The van der Waals surface area contributed by atoms with E-state index in [4.69, 9.17) is 9.15 Å². The number of ether oxygens (including phenoxy) is 1. The Morgan fingerprint density at radius 3 is 2.87 bits per heavy atom. The average molecular weight is 323 g/mol. The van der Waals surface area contributed by atoms with Gasteiger partial charge >= 0.3 is 0 Å². The highest BCUT2D eigenvalue weighted by Crippen LogP contribution is 2.20. The first kappa shape index (κ1) is 18.0. The van der Waals surface area contributed by atoms with E-state index in [1.54, 1.807) is 6.26 Å². The molecule has 6 heteroatoms. The molecule has 1 fully saturated rings. The fraction of sp³-hybridized carbons (Fsp3) is 0.706. The van der Waals surface area contributed by atoms with E-state index < -0.39 is 0 Å². The number of rotatable bonds is 8. The fourth-order valence-electron chi connectivity index (χ4n) is 3.06. The van der Waals surface area contributed by atoms with Crippen molar-refractivity contribution < 1.29 is 13.9 Å². The second-order valence-electron chi connectivity index (χ2n) is 5.97. The van der Waals surface area contributed by atoms with Crippen molar-refractivity contribution in [2.75, 3.05) is 45.9 Å². The first-order valence-corrected chi connectivity index (χ1v) is 8.52. The minimum atomic E-state index is 0.0582. The summed E-state index contributed by atoms with van der Waals surface area (Å²) in [6.07, 6.45) is 1.88. The molecule has 1 aliphatic rings. The number of amides is 1. The van der Waals surface area contributed by atoms with Crippen molar-refractivity contribution in [3.63, 3.8) is 0 Å². The third-order valence-electron chi connectivity index (χ3n) is 4.31. The van der Waals surface area contributed by atoms with E-state index in [0.29, 0.717) is 19.7 Å². The van der Waals surface area contributed by atoms with Crippen LogP contribution in [0.2, 0.25) is 0 Å². The number of carbonyl (C=O) groups is 1. The molecule has 0 spiro atoms. The number of hydrogen-bond donors (Lipinski definition) is 1. The van der Waals surface area contributed by atoms with E-state index in [1.807, 2.05) is 19.1 Å². The van der Waals surface area contributed by atoms with Crippen molar-refractivity contribution in [3.05, 3.63) is 24.2 Å². The Morgan fingerprint density at radius 2 is 2.26 bits per heavy atom. The lowest BCUT2D eigenvalue weighted by molar-refractivity contribution is -0.124. The van der Waals surface area contributed by atoms with E-state index in [9.17, 15) is 4.79 Å². The second kappa shape index (κ2) is 9.05. The predicted octanol–water partition coefficient (Wildman–Crippen LogP) is 1.50. The Kier molecular flexibility index (Phi) is 7.08. The third kappa shape index (κ3) is 5.34. The van der Waals surface area contributed by atoms with Crippen LogP contribution < -0.4 is 5.32 Å². The maximum atomic E-state index is 12.2. The summed E-state index contributed by atoms with van der Waals surface area (Å²) in [5, 5.41) is 3.06. The minimum Gasteiger partial charge on any atom is -0.468 e.